The van der Waals surface area contributed by atoms with Gasteiger partial charge in [-0.2, -0.15) is 0 Å². The zero-order chi connectivity index (χ0) is 24.1. The molecule has 0 unspecified atom stereocenters. The Hall–Kier alpha value is -3.39. The lowest BCUT2D eigenvalue weighted by Crippen LogP contribution is -2.59. The summed E-state index contributed by atoms with van der Waals surface area (Å²) in [5, 5.41) is 2.90. The van der Waals surface area contributed by atoms with E-state index in [-0.39, 0.29) is 24.3 Å². The first-order valence-electron chi connectivity index (χ1n) is 11.7. The fourth-order valence-electron chi connectivity index (χ4n) is 4.63. The number of nitrogens with one attached hydrogen (secondary N) is 1. The van der Waals surface area contributed by atoms with E-state index in [2.05, 4.69) is 5.32 Å². The van der Waals surface area contributed by atoms with Crippen LogP contribution in [0, 0.1) is 0 Å². The number of methoxy groups -OCH3 is 1. The number of amides is 3. The van der Waals surface area contributed by atoms with Crippen LogP contribution in [0.4, 0.5) is 0 Å². The lowest BCUT2D eigenvalue weighted by atomic mass is 9.96. The Morgan fingerprint density at radius 2 is 1.65 bits per heavy atom. The van der Waals surface area contributed by atoms with Crippen molar-refractivity contribution in [2.75, 3.05) is 33.4 Å². The molecule has 1 atom stereocenters. The summed E-state index contributed by atoms with van der Waals surface area (Å²) in [4.78, 5) is 42.9. The third kappa shape index (κ3) is 4.63. The molecular weight excluding hydrogens is 434 g/mol. The molecule has 2 saturated heterocycles. The van der Waals surface area contributed by atoms with E-state index in [0.717, 1.165) is 6.42 Å². The van der Waals surface area contributed by atoms with Crippen molar-refractivity contribution in [3.05, 3.63) is 65.7 Å². The average molecular weight is 466 g/mol. The number of carbonyl (C=O) groups is 3. The number of likely N-dealkylation sites (tertiary alicyclic amines) is 1. The third-order valence-electron chi connectivity index (χ3n) is 6.52. The molecule has 0 bridgehead atoms. The smallest absolute Gasteiger partial charge is 0.256 e. The van der Waals surface area contributed by atoms with Crippen molar-refractivity contribution < 1.29 is 23.9 Å². The molecule has 1 spiro atoms. The second-order valence-corrected chi connectivity index (χ2v) is 8.63. The van der Waals surface area contributed by atoms with Crippen molar-refractivity contribution in [3.8, 4) is 5.75 Å². The maximum atomic E-state index is 13.6. The largest absolute Gasteiger partial charge is 0.497 e. The van der Waals surface area contributed by atoms with Crippen LogP contribution in [0.15, 0.2) is 54.6 Å². The summed E-state index contributed by atoms with van der Waals surface area (Å²) in [5.74, 6) is 0.175. The van der Waals surface area contributed by atoms with Crippen molar-refractivity contribution >= 4 is 17.7 Å². The number of hydrogen-bond donors (Lipinski definition) is 1. The van der Waals surface area contributed by atoms with Gasteiger partial charge in [-0.15, -0.1) is 0 Å². The predicted molar refractivity (Wildman–Crippen MR) is 127 cm³/mol. The van der Waals surface area contributed by atoms with Gasteiger partial charge in [-0.25, -0.2) is 0 Å². The van der Waals surface area contributed by atoms with E-state index in [1.165, 1.54) is 0 Å². The Balaban J connectivity index is 1.53. The minimum atomic E-state index is -0.919. The zero-order valence-electron chi connectivity index (χ0n) is 19.7. The van der Waals surface area contributed by atoms with Gasteiger partial charge in [0.1, 0.15) is 17.5 Å². The molecule has 0 saturated carbocycles. The molecule has 2 aliphatic rings. The minimum absolute atomic E-state index is 0.0753. The quantitative estimate of drug-likeness (QED) is 0.709. The second kappa shape index (κ2) is 10.3. The van der Waals surface area contributed by atoms with Gasteiger partial charge in [0.2, 0.25) is 5.91 Å². The van der Waals surface area contributed by atoms with Crippen molar-refractivity contribution in [1.29, 1.82) is 0 Å². The third-order valence-corrected chi connectivity index (χ3v) is 6.52. The molecule has 2 aromatic carbocycles. The molecule has 8 nitrogen and oxygen atoms in total. The van der Waals surface area contributed by atoms with Gasteiger partial charge >= 0.3 is 0 Å². The van der Waals surface area contributed by atoms with Crippen LogP contribution in [0.1, 0.15) is 46.9 Å². The average Bonchev–Trinajstić information content (AvgIpc) is 3.25. The standard InChI is InChI=1S/C26H31N3O5/c1-3-15-27-23(30)22-18-34-26(29(22)25(32)19-7-5-4-6-8-19)13-16-28(17-14-26)24(31)20-9-11-21(33-2)12-10-20/h4-12,22H,3,13-18H2,1-2H3,(H,27,30)/t22-/m1/s1. The van der Waals surface area contributed by atoms with Crippen molar-refractivity contribution in [3.63, 3.8) is 0 Å². The maximum Gasteiger partial charge on any atom is 0.256 e. The minimum Gasteiger partial charge on any atom is -0.497 e. The zero-order valence-corrected chi connectivity index (χ0v) is 19.7. The van der Waals surface area contributed by atoms with Crippen LogP contribution in [0.5, 0.6) is 5.75 Å². The molecule has 2 heterocycles. The Kier molecular flexibility index (Phi) is 7.17. The number of nitrogens with zero attached hydrogens (tertiary/aromatic N) is 2. The van der Waals surface area contributed by atoms with Gasteiger partial charge in [-0.3, -0.25) is 19.3 Å². The van der Waals surface area contributed by atoms with Gasteiger partial charge in [-0.1, -0.05) is 25.1 Å². The molecule has 0 radical (unpaired) electrons. The van der Waals surface area contributed by atoms with E-state index in [1.807, 2.05) is 13.0 Å². The lowest BCUT2D eigenvalue weighted by Gasteiger charge is -2.44. The Morgan fingerprint density at radius 1 is 1.00 bits per heavy atom. The Labute approximate surface area is 199 Å². The van der Waals surface area contributed by atoms with Crippen LogP contribution < -0.4 is 10.1 Å². The number of hydrogen-bond acceptors (Lipinski definition) is 5. The summed E-state index contributed by atoms with van der Waals surface area (Å²) < 4.78 is 11.4. The molecule has 4 rings (SSSR count). The number of piperidine rings is 1. The topological polar surface area (TPSA) is 88.2 Å². The SMILES string of the molecule is CCCNC(=O)[C@H]1COC2(CCN(C(=O)c3ccc(OC)cc3)CC2)N1C(=O)c1ccccc1. The Bertz CT molecular complexity index is 1020. The van der Waals surface area contributed by atoms with E-state index in [4.69, 9.17) is 9.47 Å². The van der Waals surface area contributed by atoms with Gasteiger partial charge in [0.05, 0.1) is 13.7 Å². The van der Waals surface area contributed by atoms with Gasteiger partial charge < -0.3 is 19.7 Å². The fourth-order valence-corrected chi connectivity index (χ4v) is 4.63. The predicted octanol–water partition coefficient (Wildman–Crippen LogP) is 2.69. The van der Waals surface area contributed by atoms with Crippen LogP contribution >= 0.6 is 0 Å². The van der Waals surface area contributed by atoms with Gasteiger partial charge in [0.15, 0.2) is 0 Å². The summed E-state index contributed by atoms with van der Waals surface area (Å²) in [6.45, 7) is 3.51. The summed E-state index contributed by atoms with van der Waals surface area (Å²) in [7, 11) is 1.58. The van der Waals surface area contributed by atoms with Crippen LogP contribution in [-0.2, 0) is 9.53 Å². The normalized spacial score (nSPS) is 19.2. The highest BCUT2D eigenvalue weighted by atomic mass is 16.5. The van der Waals surface area contributed by atoms with E-state index in [9.17, 15) is 14.4 Å². The summed E-state index contributed by atoms with van der Waals surface area (Å²) in [6, 6.07) is 15.3. The van der Waals surface area contributed by atoms with Crippen molar-refractivity contribution in [2.45, 2.75) is 38.0 Å². The fraction of sp³-hybridized carbons (Fsp3) is 0.423. The first-order valence-corrected chi connectivity index (χ1v) is 11.7. The second-order valence-electron chi connectivity index (χ2n) is 8.63. The molecule has 2 aliphatic heterocycles. The number of carbonyl (C=O) groups excluding carboxylic acids is 3. The first-order chi connectivity index (χ1) is 16.5. The lowest BCUT2D eigenvalue weighted by molar-refractivity contribution is -0.128. The van der Waals surface area contributed by atoms with Crippen LogP contribution in [-0.4, -0.2) is 72.6 Å². The molecule has 8 heteroatoms. The maximum absolute atomic E-state index is 13.6. The van der Waals surface area contributed by atoms with Gasteiger partial charge in [0, 0.05) is 43.6 Å². The van der Waals surface area contributed by atoms with Crippen LogP contribution in [0.25, 0.3) is 0 Å². The van der Waals surface area contributed by atoms with E-state index < -0.39 is 11.8 Å². The van der Waals surface area contributed by atoms with Crippen LogP contribution in [0.3, 0.4) is 0 Å². The van der Waals surface area contributed by atoms with E-state index in [0.29, 0.717) is 49.4 Å². The van der Waals surface area contributed by atoms with Crippen LogP contribution in [0.2, 0.25) is 0 Å². The number of ether oxygens (including phenoxy) is 2. The Morgan fingerprint density at radius 3 is 2.26 bits per heavy atom. The van der Waals surface area contributed by atoms with Crippen molar-refractivity contribution in [1.82, 2.24) is 15.1 Å². The summed E-state index contributed by atoms with van der Waals surface area (Å²) in [5.41, 5.74) is 0.174. The molecule has 180 valence electrons. The summed E-state index contributed by atoms with van der Waals surface area (Å²) in [6.07, 6.45) is 1.68. The molecule has 3 amide bonds. The highest BCUT2D eigenvalue weighted by Crippen LogP contribution is 2.38. The molecule has 34 heavy (non-hydrogen) atoms. The highest BCUT2D eigenvalue weighted by molar-refractivity contribution is 5.98. The molecule has 0 aliphatic carbocycles. The first kappa shape index (κ1) is 23.8. The van der Waals surface area contributed by atoms with Gasteiger partial charge in [0.25, 0.3) is 11.8 Å². The highest BCUT2D eigenvalue weighted by Gasteiger charge is 2.54. The monoisotopic (exact) mass is 465 g/mol. The molecule has 0 aromatic heterocycles. The summed E-state index contributed by atoms with van der Waals surface area (Å²) >= 11 is 0. The number of benzene rings is 2. The van der Waals surface area contributed by atoms with Crippen molar-refractivity contribution in [2.24, 2.45) is 0 Å². The van der Waals surface area contributed by atoms with E-state index in [1.54, 1.807) is 65.4 Å². The molecular formula is C26H31N3O5. The molecule has 2 aromatic rings. The van der Waals surface area contributed by atoms with Gasteiger partial charge in [-0.05, 0) is 42.8 Å². The number of rotatable bonds is 6. The molecule has 1 N–H and O–H groups in total. The molecule has 2 fully saturated rings. The van der Waals surface area contributed by atoms with E-state index >= 15 is 0 Å².